The van der Waals surface area contributed by atoms with Gasteiger partial charge < -0.3 is 20.3 Å². The smallest absolute Gasteiger partial charge is 0.239 e. The molecule has 1 aliphatic rings. The maximum Gasteiger partial charge on any atom is 0.239 e. The summed E-state index contributed by atoms with van der Waals surface area (Å²) >= 11 is 0. The molecule has 3 rings (SSSR count). The third kappa shape index (κ3) is 5.64. The van der Waals surface area contributed by atoms with Crippen LogP contribution >= 0.6 is 0 Å². The molecule has 1 heterocycles. The first-order chi connectivity index (χ1) is 13.3. The monoisotopic (exact) mass is 367 g/mol. The normalized spacial score (nSPS) is 13.9. The van der Waals surface area contributed by atoms with Gasteiger partial charge in [-0.3, -0.25) is 4.79 Å². The van der Waals surface area contributed by atoms with Crippen molar-refractivity contribution in [2.75, 3.05) is 43.5 Å². The van der Waals surface area contributed by atoms with Gasteiger partial charge in [-0.15, -0.1) is 0 Å². The van der Waals surface area contributed by atoms with Gasteiger partial charge in [0, 0.05) is 31.0 Å². The molecule has 1 amide bonds. The number of piperidine rings is 1. The Morgan fingerprint density at radius 1 is 1.04 bits per heavy atom. The van der Waals surface area contributed by atoms with Gasteiger partial charge in [0.15, 0.2) is 0 Å². The van der Waals surface area contributed by atoms with Crippen LogP contribution in [0.3, 0.4) is 0 Å². The minimum absolute atomic E-state index is 0.00925. The highest BCUT2D eigenvalue weighted by Gasteiger charge is 2.10. The van der Waals surface area contributed by atoms with Crippen molar-refractivity contribution in [3.05, 3.63) is 54.1 Å². The highest BCUT2D eigenvalue weighted by atomic mass is 16.5. The third-order valence-electron chi connectivity index (χ3n) is 4.95. The van der Waals surface area contributed by atoms with Gasteiger partial charge in [0.2, 0.25) is 5.91 Å². The number of hydrogen-bond acceptors (Lipinski definition) is 4. The second kappa shape index (κ2) is 9.86. The molecule has 0 saturated carbocycles. The molecule has 0 aromatic heterocycles. The average molecular weight is 367 g/mol. The molecule has 1 aliphatic heterocycles. The molecule has 0 bridgehead atoms. The Kier molecular flexibility index (Phi) is 6.97. The minimum atomic E-state index is -0.00925. The van der Waals surface area contributed by atoms with Gasteiger partial charge in [-0.2, -0.15) is 0 Å². The Bertz CT molecular complexity index is 725. The van der Waals surface area contributed by atoms with Crippen LogP contribution in [0.15, 0.2) is 48.5 Å². The number of nitrogens with zero attached hydrogens (tertiary/aromatic N) is 1. The van der Waals surface area contributed by atoms with Crippen LogP contribution in [0.5, 0.6) is 5.75 Å². The number of methoxy groups -OCH3 is 1. The van der Waals surface area contributed by atoms with Crippen LogP contribution in [-0.4, -0.2) is 39.2 Å². The summed E-state index contributed by atoms with van der Waals surface area (Å²) in [4.78, 5) is 14.5. The van der Waals surface area contributed by atoms with E-state index in [-0.39, 0.29) is 12.5 Å². The molecule has 5 nitrogen and oxygen atoms in total. The van der Waals surface area contributed by atoms with Crippen molar-refractivity contribution in [2.45, 2.75) is 25.7 Å². The van der Waals surface area contributed by atoms with E-state index in [4.69, 9.17) is 4.74 Å². The van der Waals surface area contributed by atoms with Crippen molar-refractivity contribution in [1.29, 1.82) is 0 Å². The van der Waals surface area contributed by atoms with E-state index in [9.17, 15) is 4.79 Å². The number of hydrogen-bond donors (Lipinski definition) is 2. The van der Waals surface area contributed by atoms with Crippen molar-refractivity contribution < 1.29 is 9.53 Å². The predicted octanol–water partition coefficient (Wildman–Crippen LogP) is 3.46. The van der Waals surface area contributed by atoms with Crippen molar-refractivity contribution in [3.8, 4) is 5.75 Å². The number of ether oxygens (including phenoxy) is 1. The van der Waals surface area contributed by atoms with Gasteiger partial charge >= 0.3 is 0 Å². The molecular weight excluding hydrogens is 338 g/mol. The lowest BCUT2D eigenvalue weighted by molar-refractivity contribution is -0.119. The molecule has 2 N–H and O–H groups in total. The molecule has 2 aromatic rings. The lowest BCUT2D eigenvalue weighted by Gasteiger charge is -2.28. The Balaban J connectivity index is 1.39. The van der Waals surface area contributed by atoms with E-state index in [0.717, 1.165) is 36.5 Å². The zero-order valence-corrected chi connectivity index (χ0v) is 16.0. The van der Waals surface area contributed by atoms with Crippen molar-refractivity contribution in [1.82, 2.24) is 5.32 Å². The maximum absolute atomic E-state index is 12.1. The maximum atomic E-state index is 12.1. The van der Waals surface area contributed by atoms with Crippen LogP contribution < -0.4 is 20.3 Å². The number of nitrogens with one attached hydrogen (secondary N) is 2. The summed E-state index contributed by atoms with van der Waals surface area (Å²) in [5.74, 6) is 0.851. The fourth-order valence-corrected chi connectivity index (χ4v) is 3.43. The van der Waals surface area contributed by atoms with Gasteiger partial charge in [-0.1, -0.05) is 18.2 Å². The summed E-state index contributed by atoms with van der Waals surface area (Å²) in [6.07, 6.45) is 4.63. The summed E-state index contributed by atoms with van der Waals surface area (Å²) in [6.45, 7) is 3.15. The molecule has 0 atom stereocenters. The van der Waals surface area contributed by atoms with Gasteiger partial charge in [0.05, 0.1) is 13.7 Å². The SMILES string of the molecule is COc1ccccc1CCNC(=O)CNc1ccc(N2CCCCC2)cc1. The number of carbonyl (C=O) groups excluding carboxylic acids is 1. The zero-order valence-electron chi connectivity index (χ0n) is 16.0. The van der Waals surface area contributed by atoms with Crippen LogP contribution in [0, 0.1) is 0 Å². The van der Waals surface area contributed by atoms with Crippen molar-refractivity contribution >= 4 is 17.3 Å². The largest absolute Gasteiger partial charge is 0.496 e. The van der Waals surface area contributed by atoms with Gasteiger partial charge in [-0.05, 0) is 61.6 Å². The second-order valence-corrected chi connectivity index (χ2v) is 6.86. The van der Waals surface area contributed by atoms with E-state index in [1.807, 2.05) is 36.4 Å². The van der Waals surface area contributed by atoms with E-state index in [1.165, 1.54) is 24.9 Å². The summed E-state index contributed by atoms with van der Waals surface area (Å²) in [5, 5.41) is 6.14. The van der Waals surface area contributed by atoms with Crippen LogP contribution in [-0.2, 0) is 11.2 Å². The van der Waals surface area contributed by atoms with E-state index in [2.05, 4.69) is 27.7 Å². The number of para-hydroxylation sites is 1. The summed E-state index contributed by atoms with van der Waals surface area (Å²) in [6, 6.07) is 16.2. The number of rotatable bonds is 8. The molecule has 0 unspecified atom stereocenters. The third-order valence-corrected chi connectivity index (χ3v) is 4.95. The van der Waals surface area contributed by atoms with Crippen molar-refractivity contribution in [2.24, 2.45) is 0 Å². The summed E-state index contributed by atoms with van der Waals surface area (Å²) < 4.78 is 5.33. The van der Waals surface area contributed by atoms with Crippen LogP contribution in [0.4, 0.5) is 11.4 Å². The van der Waals surface area contributed by atoms with E-state index in [1.54, 1.807) is 7.11 Å². The number of benzene rings is 2. The van der Waals surface area contributed by atoms with E-state index in [0.29, 0.717) is 6.54 Å². The highest BCUT2D eigenvalue weighted by molar-refractivity contribution is 5.80. The minimum Gasteiger partial charge on any atom is -0.496 e. The Morgan fingerprint density at radius 2 is 1.78 bits per heavy atom. The Morgan fingerprint density at radius 3 is 2.52 bits per heavy atom. The molecular formula is C22H29N3O2. The van der Waals surface area contributed by atoms with Crippen LogP contribution in [0.2, 0.25) is 0 Å². The molecule has 5 heteroatoms. The van der Waals surface area contributed by atoms with Crippen LogP contribution in [0.25, 0.3) is 0 Å². The molecule has 0 aliphatic carbocycles. The molecule has 2 aromatic carbocycles. The number of amides is 1. The van der Waals surface area contributed by atoms with Gasteiger partial charge in [0.25, 0.3) is 0 Å². The predicted molar refractivity (Wildman–Crippen MR) is 111 cm³/mol. The first-order valence-electron chi connectivity index (χ1n) is 9.74. The summed E-state index contributed by atoms with van der Waals surface area (Å²) in [5.41, 5.74) is 3.33. The standard InChI is InChI=1S/C22H29N3O2/c1-27-21-8-4-3-7-18(21)13-14-23-22(26)17-24-19-9-11-20(12-10-19)25-15-5-2-6-16-25/h3-4,7-12,24H,2,5-6,13-17H2,1H3,(H,23,26). The zero-order chi connectivity index (χ0) is 18.9. The molecule has 1 saturated heterocycles. The lowest BCUT2D eigenvalue weighted by Crippen LogP contribution is -2.31. The van der Waals surface area contributed by atoms with Gasteiger partial charge in [-0.25, -0.2) is 0 Å². The van der Waals surface area contributed by atoms with Gasteiger partial charge in [0.1, 0.15) is 5.75 Å². The first kappa shape index (κ1) is 19.1. The average Bonchev–Trinajstić information content (AvgIpc) is 2.73. The summed E-state index contributed by atoms with van der Waals surface area (Å²) in [7, 11) is 1.66. The lowest BCUT2D eigenvalue weighted by atomic mass is 10.1. The quantitative estimate of drug-likeness (QED) is 0.750. The molecule has 27 heavy (non-hydrogen) atoms. The molecule has 144 valence electrons. The fourth-order valence-electron chi connectivity index (χ4n) is 3.43. The molecule has 0 radical (unpaired) electrons. The van der Waals surface area contributed by atoms with E-state index < -0.39 is 0 Å². The second-order valence-electron chi connectivity index (χ2n) is 6.86. The van der Waals surface area contributed by atoms with Crippen LogP contribution in [0.1, 0.15) is 24.8 Å². The number of carbonyl (C=O) groups is 1. The fraction of sp³-hybridized carbons (Fsp3) is 0.409. The Hall–Kier alpha value is -2.69. The highest BCUT2D eigenvalue weighted by Crippen LogP contribution is 2.21. The molecule has 0 spiro atoms. The topological polar surface area (TPSA) is 53.6 Å². The Labute approximate surface area is 161 Å². The first-order valence-corrected chi connectivity index (χ1v) is 9.74. The van der Waals surface area contributed by atoms with Crippen molar-refractivity contribution in [3.63, 3.8) is 0 Å². The van der Waals surface area contributed by atoms with E-state index >= 15 is 0 Å². The number of anilines is 2. The molecule has 1 fully saturated rings.